The van der Waals surface area contributed by atoms with Crippen LogP contribution in [-0.2, 0) is 22.0 Å². The average molecular weight is 549 g/mol. The molecule has 2 aromatic carbocycles. The molecule has 0 fully saturated rings. The minimum absolute atomic E-state index is 0.0721. The van der Waals surface area contributed by atoms with Crippen molar-refractivity contribution in [3.05, 3.63) is 70.1 Å². The fourth-order valence-corrected chi connectivity index (χ4v) is 5.76. The van der Waals surface area contributed by atoms with Gasteiger partial charge in [-0.15, -0.1) is 21.5 Å². The predicted molar refractivity (Wildman–Crippen MR) is 155 cm³/mol. The second-order valence-corrected chi connectivity index (χ2v) is 12.0. The molecule has 0 radical (unpaired) electrons. The van der Waals surface area contributed by atoms with Crippen molar-refractivity contribution >= 4 is 40.0 Å². The third-order valence-electron chi connectivity index (χ3n) is 6.29. The number of anilines is 1. The molecule has 2 aromatic heterocycles. The van der Waals surface area contributed by atoms with E-state index in [0.29, 0.717) is 15.7 Å². The van der Waals surface area contributed by atoms with E-state index in [9.17, 15) is 9.59 Å². The summed E-state index contributed by atoms with van der Waals surface area (Å²) in [6, 6.07) is 14.4. The van der Waals surface area contributed by atoms with Gasteiger partial charge in [-0.2, -0.15) is 0 Å². The summed E-state index contributed by atoms with van der Waals surface area (Å²) in [4.78, 5) is 25.6. The summed E-state index contributed by atoms with van der Waals surface area (Å²) in [6.45, 7) is 10.5. The number of aryl methyl sites for hydroxylation is 2. The van der Waals surface area contributed by atoms with Crippen LogP contribution >= 0.6 is 23.1 Å². The quantitative estimate of drug-likeness (QED) is 0.206. The minimum Gasteiger partial charge on any atom is -0.465 e. The molecule has 38 heavy (non-hydrogen) atoms. The van der Waals surface area contributed by atoms with Crippen LogP contribution < -0.4 is 5.32 Å². The number of nitrogens with one attached hydrogen (secondary N) is 1. The maximum Gasteiger partial charge on any atom is 0.341 e. The summed E-state index contributed by atoms with van der Waals surface area (Å²) in [5.74, 6) is 0.124. The first-order valence-electron chi connectivity index (χ1n) is 12.2. The highest BCUT2D eigenvalue weighted by atomic mass is 32.2. The highest BCUT2D eigenvalue weighted by molar-refractivity contribution is 7.99. The number of nitrogens with zero attached hydrogens (tertiary/aromatic N) is 3. The number of hydrogen-bond acceptors (Lipinski definition) is 7. The Labute approximate surface area is 231 Å². The number of methoxy groups -OCH3 is 1. The molecule has 1 amide bonds. The molecule has 0 saturated carbocycles. The number of rotatable bonds is 7. The van der Waals surface area contributed by atoms with E-state index in [1.54, 1.807) is 0 Å². The standard InChI is InChI=1S/C29H32N4O3S2/c1-17-8-9-18(2)21(14-17)22-15-37-26(24(22)27(35)36-7)30-23(34)16-38-28-32-31-25(33(28)6)19-10-12-20(13-11-19)29(3,4)5/h8-15H,16H2,1-7H3,(H,30,34). The summed E-state index contributed by atoms with van der Waals surface area (Å²) < 4.78 is 6.94. The summed E-state index contributed by atoms with van der Waals surface area (Å²) in [7, 11) is 3.23. The number of carbonyl (C=O) groups is 2. The maximum absolute atomic E-state index is 12.9. The third kappa shape index (κ3) is 5.84. The van der Waals surface area contributed by atoms with Gasteiger partial charge in [0.1, 0.15) is 10.6 Å². The fraction of sp³-hybridized carbons (Fsp3) is 0.310. The molecule has 7 nitrogen and oxygen atoms in total. The SMILES string of the molecule is COC(=O)c1c(-c2cc(C)ccc2C)csc1NC(=O)CSc1nnc(-c2ccc(C(C)(C)C)cc2)n1C. The molecule has 0 spiro atoms. The molecule has 4 aromatic rings. The normalized spacial score (nSPS) is 11.4. The Hall–Kier alpha value is -3.43. The van der Waals surface area contributed by atoms with E-state index in [0.717, 1.165) is 33.6 Å². The summed E-state index contributed by atoms with van der Waals surface area (Å²) in [5.41, 5.74) is 6.47. The molecule has 9 heteroatoms. The Bertz CT molecular complexity index is 1480. The number of aromatic nitrogens is 3. The number of amides is 1. The van der Waals surface area contributed by atoms with Gasteiger partial charge in [0.15, 0.2) is 11.0 Å². The van der Waals surface area contributed by atoms with Crippen LogP contribution in [0, 0.1) is 13.8 Å². The van der Waals surface area contributed by atoms with Crippen LogP contribution in [0.15, 0.2) is 53.0 Å². The lowest BCUT2D eigenvalue weighted by molar-refractivity contribution is -0.113. The zero-order valence-electron chi connectivity index (χ0n) is 22.7. The lowest BCUT2D eigenvalue weighted by atomic mass is 9.87. The molecule has 0 atom stereocenters. The van der Waals surface area contributed by atoms with Crippen LogP contribution in [0.4, 0.5) is 5.00 Å². The van der Waals surface area contributed by atoms with E-state index in [1.165, 1.54) is 35.8 Å². The molecular formula is C29H32N4O3S2. The van der Waals surface area contributed by atoms with Crippen LogP contribution in [0.2, 0.25) is 0 Å². The summed E-state index contributed by atoms with van der Waals surface area (Å²) >= 11 is 2.60. The fourth-order valence-electron chi connectivity index (χ4n) is 4.08. The molecule has 2 heterocycles. The van der Waals surface area contributed by atoms with Crippen molar-refractivity contribution in [2.45, 2.75) is 45.2 Å². The van der Waals surface area contributed by atoms with Gasteiger partial charge in [0.25, 0.3) is 0 Å². The van der Waals surface area contributed by atoms with Gasteiger partial charge in [0.2, 0.25) is 5.91 Å². The molecule has 0 aliphatic carbocycles. The van der Waals surface area contributed by atoms with Gasteiger partial charge in [-0.05, 0) is 36.0 Å². The minimum atomic E-state index is -0.486. The molecule has 0 bridgehead atoms. The van der Waals surface area contributed by atoms with Crippen LogP contribution in [0.25, 0.3) is 22.5 Å². The molecule has 0 aliphatic heterocycles. The van der Waals surface area contributed by atoms with E-state index in [2.05, 4.69) is 48.4 Å². The van der Waals surface area contributed by atoms with Crippen molar-refractivity contribution in [2.24, 2.45) is 7.05 Å². The second-order valence-electron chi connectivity index (χ2n) is 10.2. The third-order valence-corrected chi connectivity index (χ3v) is 8.21. The Morgan fingerprint density at radius 2 is 1.76 bits per heavy atom. The molecule has 198 valence electrons. The van der Waals surface area contributed by atoms with E-state index in [-0.39, 0.29) is 17.1 Å². The molecule has 0 saturated heterocycles. The first-order chi connectivity index (χ1) is 18.0. The summed E-state index contributed by atoms with van der Waals surface area (Å²) in [5, 5.41) is 14.5. The van der Waals surface area contributed by atoms with Crippen LogP contribution in [-0.4, -0.2) is 39.5 Å². The van der Waals surface area contributed by atoms with Crippen LogP contribution in [0.1, 0.15) is 47.8 Å². The highest BCUT2D eigenvalue weighted by Crippen LogP contribution is 2.38. The van der Waals surface area contributed by atoms with Gasteiger partial charge in [-0.25, -0.2) is 4.79 Å². The van der Waals surface area contributed by atoms with Crippen molar-refractivity contribution in [1.82, 2.24) is 14.8 Å². The number of thiophene rings is 1. The van der Waals surface area contributed by atoms with Gasteiger partial charge in [-0.1, -0.05) is 80.6 Å². The average Bonchev–Trinajstić information content (AvgIpc) is 3.46. The lowest BCUT2D eigenvalue weighted by Crippen LogP contribution is -2.16. The van der Waals surface area contributed by atoms with Crippen LogP contribution in [0.5, 0.6) is 0 Å². The van der Waals surface area contributed by atoms with Crippen molar-refractivity contribution < 1.29 is 14.3 Å². The van der Waals surface area contributed by atoms with Gasteiger partial charge in [0.05, 0.1) is 12.9 Å². The van der Waals surface area contributed by atoms with Crippen molar-refractivity contribution in [3.63, 3.8) is 0 Å². The molecular weight excluding hydrogens is 516 g/mol. The molecule has 0 aliphatic rings. The van der Waals surface area contributed by atoms with Gasteiger partial charge >= 0.3 is 5.97 Å². The lowest BCUT2D eigenvalue weighted by Gasteiger charge is -2.19. The number of carbonyl (C=O) groups excluding carboxylic acids is 2. The van der Waals surface area contributed by atoms with Crippen LogP contribution in [0.3, 0.4) is 0 Å². The largest absolute Gasteiger partial charge is 0.465 e. The molecule has 4 rings (SSSR count). The van der Waals surface area contributed by atoms with Crippen molar-refractivity contribution in [2.75, 3.05) is 18.2 Å². The number of benzene rings is 2. The Morgan fingerprint density at radius 3 is 2.42 bits per heavy atom. The molecule has 1 N–H and O–H groups in total. The highest BCUT2D eigenvalue weighted by Gasteiger charge is 2.24. The maximum atomic E-state index is 12.9. The van der Waals surface area contributed by atoms with E-state index in [4.69, 9.17) is 4.74 Å². The van der Waals surface area contributed by atoms with E-state index < -0.39 is 5.97 Å². The monoisotopic (exact) mass is 548 g/mol. The number of ether oxygens (including phenoxy) is 1. The first-order valence-corrected chi connectivity index (χ1v) is 14.1. The number of hydrogen-bond donors (Lipinski definition) is 1. The number of esters is 1. The zero-order valence-corrected chi connectivity index (χ0v) is 24.3. The number of thioether (sulfide) groups is 1. The smallest absolute Gasteiger partial charge is 0.341 e. The topological polar surface area (TPSA) is 86.1 Å². The zero-order chi connectivity index (χ0) is 27.6. The van der Waals surface area contributed by atoms with Gasteiger partial charge in [0, 0.05) is 23.6 Å². The van der Waals surface area contributed by atoms with Crippen molar-refractivity contribution in [1.29, 1.82) is 0 Å². The summed E-state index contributed by atoms with van der Waals surface area (Å²) in [6.07, 6.45) is 0. The first kappa shape index (κ1) is 27.6. The van der Waals surface area contributed by atoms with E-state index >= 15 is 0 Å². The predicted octanol–water partition coefficient (Wildman–Crippen LogP) is 6.64. The Kier molecular flexibility index (Phi) is 8.08. The van der Waals surface area contributed by atoms with Gasteiger partial charge in [-0.3, -0.25) is 4.79 Å². The van der Waals surface area contributed by atoms with Crippen molar-refractivity contribution in [3.8, 4) is 22.5 Å². The van der Waals surface area contributed by atoms with Gasteiger partial charge < -0.3 is 14.6 Å². The second kappa shape index (κ2) is 11.1. The Morgan fingerprint density at radius 1 is 1.05 bits per heavy atom. The van der Waals surface area contributed by atoms with E-state index in [1.807, 2.05) is 61.2 Å². The molecule has 0 unspecified atom stereocenters. The Balaban J connectivity index is 1.49.